The van der Waals surface area contributed by atoms with E-state index in [4.69, 9.17) is 35.6 Å². The van der Waals surface area contributed by atoms with Crippen molar-refractivity contribution in [2.75, 3.05) is 23.8 Å². The number of nitrogen functional groups attached to an aromatic ring is 3. The van der Waals surface area contributed by atoms with E-state index in [-0.39, 0.29) is 12.0 Å². The van der Waals surface area contributed by atoms with E-state index in [1.807, 2.05) is 75.4 Å². The molecule has 3 aromatic rings. The quantitative estimate of drug-likeness (QED) is 0.0798. The summed E-state index contributed by atoms with van der Waals surface area (Å²) >= 11 is 0.300. The minimum absolute atomic E-state index is 0.0972. The number of nitrogens with two attached hydrogens (primary N) is 3. The molecule has 37 heavy (non-hydrogen) atoms. The number of aliphatic hydroxyl groups excluding tert-OH is 1. The molecule has 0 aliphatic carbocycles. The molecule has 9 N–H and O–H groups in total. The SMILES string of the molecule is C=C[CH2-].C=C[CH2-].CC(C)(C)CO.Nc1c[c-]ccc1.Nc1c[c-]ccc1.Nc1c[c-]ccc1.OO.[O]=[Zr]. The first-order chi connectivity index (χ1) is 17.6. The predicted molar refractivity (Wildman–Crippen MR) is 153 cm³/mol. The van der Waals surface area contributed by atoms with Gasteiger partial charge in [-0.2, -0.15) is 91.0 Å². The van der Waals surface area contributed by atoms with Gasteiger partial charge in [-0.15, -0.1) is 0 Å². The normalized spacial score (nSPS) is 7.70. The number of aliphatic hydroxyl groups is 1. The monoisotopic (exact) mass is 586 g/mol. The van der Waals surface area contributed by atoms with Crippen LogP contribution in [0.3, 0.4) is 0 Å². The van der Waals surface area contributed by atoms with Gasteiger partial charge >= 0.3 is 27.5 Å². The van der Waals surface area contributed by atoms with Gasteiger partial charge in [-0.1, -0.05) is 37.8 Å². The van der Waals surface area contributed by atoms with Crippen LogP contribution in [0.1, 0.15) is 20.8 Å². The molecule has 0 saturated carbocycles. The maximum atomic E-state index is 8.40. The van der Waals surface area contributed by atoms with Crippen molar-refractivity contribution in [2.24, 2.45) is 5.41 Å². The molecule has 7 nitrogen and oxygen atoms in total. The Morgan fingerprint density at radius 2 is 0.973 bits per heavy atom. The first-order valence-corrected chi connectivity index (χ1v) is 11.5. The van der Waals surface area contributed by atoms with E-state index in [9.17, 15) is 0 Å². The van der Waals surface area contributed by atoms with Gasteiger partial charge in [-0.25, -0.2) is 39.2 Å². The average molecular weight is 588 g/mol. The summed E-state index contributed by atoms with van der Waals surface area (Å²) < 4.78 is 8.34. The standard InChI is InChI=1S/3C6H6N.C5H12O.2C3H5.H2O2.O.Zr/c3*7-6-4-2-1-3-5-6;1-5(2,3)4-6;2*1-3-2;1-2;;/h3*1-2,4-5H,7H2;6H,4H2,1-3H3;2*3H,1-2H2;1-2H;;/q3*-1;;2*-1;;;. The molecule has 0 unspecified atom stereocenters. The minimum atomic E-state index is 0.0972. The van der Waals surface area contributed by atoms with E-state index in [1.165, 1.54) is 12.2 Å². The summed E-state index contributed by atoms with van der Waals surface area (Å²) in [6, 6.07) is 30.2. The molecule has 0 atom stereocenters. The van der Waals surface area contributed by atoms with Crippen LogP contribution in [0.15, 0.2) is 98.1 Å². The van der Waals surface area contributed by atoms with Crippen molar-refractivity contribution >= 4 is 17.1 Å². The van der Waals surface area contributed by atoms with Crippen molar-refractivity contribution in [3.63, 3.8) is 0 Å². The number of rotatable bonds is 0. The van der Waals surface area contributed by atoms with Crippen LogP contribution in [-0.2, 0) is 27.5 Å². The molecule has 0 aromatic heterocycles. The van der Waals surface area contributed by atoms with Crippen LogP contribution in [0, 0.1) is 37.5 Å². The topological polar surface area (TPSA) is 156 Å². The molecule has 0 saturated heterocycles. The zero-order valence-electron chi connectivity index (χ0n) is 22.1. The Balaban J connectivity index is -0.000000111. The van der Waals surface area contributed by atoms with Crippen molar-refractivity contribution in [3.8, 4) is 0 Å². The molecule has 0 aliphatic rings. The molecule has 3 rings (SSSR count). The van der Waals surface area contributed by atoms with E-state index < -0.39 is 0 Å². The third kappa shape index (κ3) is 55.0. The third-order valence-electron chi connectivity index (χ3n) is 2.67. The van der Waals surface area contributed by atoms with Crippen LogP contribution in [0.25, 0.3) is 0 Å². The molecule has 0 aliphatic heterocycles. The number of anilines is 3. The average Bonchev–Trinajstić information content (AvgIpc) is 2.90. The molecule has 0 bridgehead atoms. The van der Waals surface area contributed by atoms with Crippen LogP contribution in [0.5, 0.6) is 0 Å². The van der Waals surface area contributed by atoms with Crippen LogP contribution >= 0.6 is 0 Å². The van der Waals surface area contributed by atoms with E-state index in [2.05, 4.69) is 45.2 Å². The van der Waals surface area contributed by atoms with E-state index in [0.29, 0.717) is 24.7 Å². The maximum absolute atomic E-state index is 8.40. The molecular weight excluding hydrogens is 546 g/mol. The van der Waals surface area contributed by atoms with E-state index in [0.717, 1.165) is 17.1 Å². The number of hydrogen-bond acceptors (Lipinski definition) is 7. The molecule has 3 aromatic carbocycles. The molecule has 206 valence electrons. The zero-order valence-corrected chi connectivity index (χ0v) is 24.6. The summed E-state index contributed by atoms with van der Waals surface area (Å²) in [6.07, 6.45) is 3.00. The molecule has 0 spiro atoms. The fraction of sp³-hybridized carbons (Fsp3) is 0.172. The van der Waals surface area contributed by atoms with Crippen molar-refractivity contribution in [1.82, 2.24) is 0 Å². The Labute approximate surface area is 239 Å². The van der Waals surface area contributed by atoms with E-state index >= 15 is 0 Å². The number of benzene rings is 3. The molecular formula is C29H42N3O4Zr-5. The summed E-state index contributed by atoms with van der Waals surface area (Å²) in [6.45, 7) is 19.2. The first kappa shape index (κ1) is 43.9. The summed E-state index contributed by atoms with van der Waals surface area (Å²) in [5.74, 6) is 0. The van der Waals surface area contributed by atoms with Gasteiger partial charge < -0.3 is 22.3 Å². The van der Waals surface area contributed by atoms with Crippen LogP contribution in [-0.4, -0.2) is 22.2 Å². The molecule has 0 amide bonds. The Morgan fingerprint density at radius 1 is 0.784 bits per heavy atom. The molecule has 0 fully saturated rings. The van der Waals surface area contributed by atoms with Crippen molar-refractivity contribution in [1.29, 1.82) is 0 Å². The molecule has 0 heterocycles. The van der Waals surface area contributed by atoms with Gasteiger partial charge in [0.2, 0.25) is 0 Å². The summed E-state index contributed by atoms with van der Waals surface area (Å²) in [5.41, 5.74) is 18.4. The van der Waals surface area contributed by atoms with Crippen LogP contribution < -0.4 is 17.2 Å². The fourth-order valence-corrected chi connectivity index (χ4v) is 1.22. The number of allylic oxidation sites excluding steroid dienone is 2. The Hall–Kier alpha value is -3.16. The Morgan fingerprint density at radius 3 is 1.03 bits per heavy atom. The van der Waals surface area contributed by atoms with Crippen molar-refractivity contribution in [3.05, 3.63) is 130 Å². The van der Waals surface area contributed by atoms with Gasteiger partial charge in [-0.3, -0.25) is 10.5 Å². The Kier molecular flexibility index (Phi) is 44.3. The van der Waals surface area contributed by atoms with Gasteiger partial charge in [0, 0.05) is 6.61 Å². The van der Waals surface area contributed by atoms with Crippen LogP contribution in [0.4, 0.5) is 17.1 Å². The molecule has 0 radical (unpaired) electrons. The van der Waals surface area contributed by atoms with Gasteiger partial charge in [0.05, 0.1) is 0 Å². The second-order valence-corrected chi connectivity index (χ2v) is 7.31. The van der Waals surface area contributed by atoms with Gasteiger partial charge in [0.15, 0.2) is 0 Å². The summed E-state index contributed by atoms with van der Waals surface area (Å²) in [5, 5.41) is 20.4. The number of hydrogen-bond donors (Lipinski definition) is 6. The van der Waals surface area contributed by atoms with Crippen molar-refractivity contribution in [2.45, 2.75) is 20.8 Å². The first-order valence-electron chi connectivity index (χ1n) is 10.5. The van der Waals surface area contributed by atoms with E-state index in [1.54, 1.807) is 18.2 Å². The predicted octanol–water partition coefficient (Wildman–Crippen LogP) is 6.14. The summed E-state index contributed by atoms with van der Waals surface area (Å²) in [7, 11) is 0. The third-order valence-corrected chi connectivity index (χ3v) is 2.67. The molecule has 8 heteroatoms. The fourth-order valence-electron chi connectivity index (χ4n) is 1.22. The Bertz CT molecular complexity index is 706. The van der Waals surface area contributed by atoms with Gasteiger partial charge in [0.25, 0.3) is 0 Å². The van der Waals surface area contributed by atoms with Gasteiger partial charge in [0.1, 0.15) is 0 Å². The van der Waals surface area contributed by atoms with Gasteiger partial charge in [-0.05, 0) is 5.41 Å². The second-order valence-electron chi connectivity index (χ2n) is 7.31. The summed E-state index contributed by atoms with van der Waals surface area (Å²) in [4.78, 5) is 0. The second kappa shape index (κ2) is 37.4. The van der Waals surface area contributed by atoms with Crippen LogP contribution in [0.2, 0.25) is 0 Å². The van der Waals surface area contributed by atoms with Crippen molar-refractivity contribution < 1.29 is 43.2 Å². The zero-order chi connectivity index (χ0) is 30.0.